The molecule has 3 aromatic rings. The topological polar surface area (TPSA) is 131 Å². The van der Waals surface area contributed by atoms with Crippen LogP contribution in [0.1, 0.15) is 71.1 Å². The number of carbonyl (C=O) groups is 2. The maximum absolute atomic E-state index is 16.8. The van der Waals surface area contributed by atoms with Crippen molar-refractivity contribution < 1.29 is 41.0 Å². The third kappa shape index (κ3) is 7.44. The summed E-state index contributed by atoms with van der Waals surface area (Å²) in [6, 6.07) is 3.46. The number of likely N-dealkylation sites (tertiary alicyclic amines) is 1. The van der Waals surface area contributed by atoms with Crippen molar-refractivity contribution in [2.75, 3.05) is 23.7 Å². The van der Waals surface area contributed by atoms with Gasteiger partial charge in [0.05, 0.1) is 33.6 Å². The molecule has 2 unspecified atom stereocenters. The Balaban J connectivity index is 1.63. The molecule has 2 amide bonds. The first-order valence-corrected chi connectivity index (χ1v) is 16.8. The number of nitriles is 1. The number of ether oxygens (including phenoxy) is 2. The van der Waals surface area contributed by atoms with Crippen molar-refractivity contribution in [2.24, 2.45) is 0 Å². The third-order valence-electron chi connectivity index (χ3n) is 8.26. The van der Waals surface area contributed by atoms with Gasteiger partial charge in [-0.2, -0.15) is 18.4 Å². The molecule has 0 aliphatic carbocycles. The minimum atomic E-state index is -5.19. The highest BCUT2D eigenvalue weighted by Crippen LogP contribution is 2.48. The number of benzene rings is 2. The van der Waals surface area contributed by atoms with Gasteiger partial charge < -0.3 is 19.7 Å². The van der Waals surface area contributed by atoms with Gasteiger partial charge in [0.1, 0.15) is 33.9 Å². The van der Waals surface area contributed by atoms with Crippen LogP contribution < -0.4 is 10.6 Å². The number of nitrogens with zero attached hydrogens (tertiary/aromatic N) is 3. The van der Waals surface area contributed by atoms with E-state index in [1.807, 2.05) is 6.07 Å². The van der Waals surface area contributed by atoms with Crippen LogP contribution in [0.4, 0.5) is 42.2 Å². The Morgan fingerprint density at radius 2 is 1.67 bits per heavy atom. The highest BCUT2D eigenvalue weighted by molar-refractivity contribution is 7.23. The standard InChI is InChI=1S/C35H37F5N6O4S/c1-8-43-27-20(29(42)45-15-17-9-10-18(16-45)46(17)32(48)50-34(5,6)7)13-22(35(38,39)40)25(26(27)37)19-11-12-23(36)28-24(19)21(14-41)30(51-28)44-31(47)49-33(2,3)4/h8,11-13,17-18,42-43H,1,9-10,15-16H2,2-7H3,(H,44,47). The van der Waals surface area contributed by atoms with Crippen LogP contribution in [0.3, 0.4) is 0 Å². The second kappa shape index (κ2) is 13.3. The molecule has 2 atom stereocenters. The molecule has 10 nitrogen and oxygen atoms in total. The summed E-state index contributed by atoms with van der Waals surface area (Å²) in [5.74, 6) is -2.76. The zero-order chi connectivity index (χ0) is 37.8. The zero-order valence-electron chi connectivity index (χ0n) is 28.8. The van der Waals surface area contributed by atoms with Gasteiger partial charge in [-0.3, -0.25) is 15.6 Å². The van der Waals surface area contributed by atoms with E-state index in [9.17, 15) is 28.0 Å². The minimum absolute atomic E-state index is 0.0965. The van der Waals surface area contributed by atoms with Crippen molar-refractivity contribution in [3.05, 3.63) is 59.3 Å². The van der Waals surface area contributed by atoms with Gasteiger partial charge in [0, 0.05) is 29.6 Å². The SMILES string of the molecule is C=CNc1c(C(=N)N2CC3CCC(C2)N3C(=O)OC(C)(C)C)cc(C(F)(F)F)c(-c2ccc(F)c3sc(NC(=O)OC(C)(C)C)c(C#N)c23)c1F. The number of rotatable bonds is 5. The number of hydrogen-bond acceptors (Lipinski definition) is 8. The molecule has 0 radical (unpaired) electrons. The van der Waals surface area contributed by atoms with E-state index in [2.05, 4.69) is 17.2 Å². The van der Waals surface area contributed by atoms with E-state index in [0.717, 1.165) is 18.3 Å². The smallest absolute Gasteiger partial charge is 0.417 e. The Labute approximate surface area is 295 Å². The highest BCUT2D eigenvalue weighted by atomic mass is 32.1. The number of piperazine rings is 1. The van der Waals surface area contributed by atoms with Gasteiger partial charge in [-0.25, -0.2) is 18.4 Å². The zero-order valence-corrected chi connectivity index (χ0v) is 29.6. The van der Waals surface area contributed by atoms with Crippen LogP contribution in [0.2, 0.25) is 0 Å². The number of nitrogens with one attached hydrogen (secondary N) is 3. The van der Waals surface area contributed by atoms with Crippen molar-refractivity contribution in [1.29, 1.82) is 10.7 Å². The number of fused-ring (bicyclic) bond motifs is 3. The Kier molecular flexibility index (Phi) is 9.76. The lowest BCUT2D eigenvalue weighted by molar-refractivity contribution is -0.137. The summed E-state index contributed by atoms with van der Waals surface area (Å²) in [4.78, 5) is 28.6. The van der Waals surface area contributed by atoms with E-state index in [-0.39, 0.29) is 40.3 Å². The molecule has 0 saturated carbocycles. The maximum Gasteiger partial charge on any atom is 0.417 e. The van der Waals surface area contributed by atoms with Gasteiger partial charge in [-0.15, -0.1) is 11.3 Å². The fraction of sp³-hybridized carbons (Fsp3) is 0.429. The number of thiophene rings is 1. The quantitative estimate of drug-likeness (QED) is 0.136. The molecule has 0 spiro atoms. The predicted molar refractivity (Wildman–Crippen MR) is 184 cm³/mol. The van der Waals surface area contributed by atoms with Crippen molar-refractivity contribution in [2.45, 2.75) is 83.8 Å². The van der Waals surface area contributed by atoms with E-state index < -0.39 is 80.5 Å². The molecule has 2 aromatic carbocycles. The molecule has 2 fully saturated rings. The van der Waals surface area contributed by atoms with Crippen LogP contribution >= 0.6 is 11.3 Å². The number of halogens is 5. The molecule has 1 aromatic heterocycles. The van der Waals surface area contributed by atoms with E-state index in [1.165, 1.54) is 4.90 Å². The second-order valence-electron chi connectivity index (χ2n) is 14.3. The van der Waals surface area contributed by atoms with Crippen LogP contribution in [0.25, 0.3) is 21.2 Å². The average Bonchev–Trinajstić information content (AvgIpc) is 3.49. The van der Waals surface area contributed by atoms with Crippen LogP contribution in [-0.2, 0) is 15.7 Å². The summed E-state index contributed by atoms with van der Waals surface area (Å²) >= 11 is 0.587. The summed E-state index contributed by atoms with van der Waals surface area (Å²) < 4.78 is 87.4. The third-order valence-corrected chi connectivity index (χ3v) is 9.38. The van der Waals surface area contributed by atoms with Crippen LogP contribution in [0.5, 0.6) is 0 Å². The Hall–Kier alpha value is -4.91. The Bertz CT molecular complexity index is 1960. The number of anilines is 2. The summed E-state index contributed by atoms with van der Waals surface area (Å²) in [5, 5.41) is 23.5. The van der Waals surface area contributed by atoms with E-state index in [1.54, 1.807) is 46.4 Å². The number of amides is 2. The molecular formula is C35H37F5N6O4S. The lowest BCUT2D eigenvalue weighted by Gasteiger charge is -2.42. The van der Waals surface area contributed by atoms with Gasteiger partial charge >= 0.3 is 18.4 Å². The number of amidine groups is 1. The molecule has 272 valence electrons. The monoisotopic (exact) mass is 732 g/mol. The molecule has 51 heavy (non-hydrogen) atoms. The van der Waals surface area contributed by atoms with Gasteiger partial charge in [-0.1, -0.05) is 12.6 Å². The molecule has 2 bridgehead atoms. The summed E-state index contributed by atoms with van der Waals surface area (Å²) in [6.45, 7) is 13.7. The number of hydrogen-bond donors (Lipinski definition) is 3. The molecule has 16 heteroatoms. The maximum atomic E-state index is 16.8. The molecule has 5 rings (SSSR count). The average molecular weight is 733 g/mol. The van der Waals surface area contributed by atoms with E-state index in [0.29, 0.717) is 30.2 Å². The van der Waals surface area contributed by atoms with Crippen molar-refractivity contribution in [3.8, 4) is 17.2 Å². The first kappa shape index (κ1) is 37.3. The van der Waals surface area contributed by atoms with E-state index >= 15 is 8.78 Å². The van der Waals surface area contributed by atoms with Gasteiger partial charge in [0.25, 0.3) is 0 Å². The Morgan fingerprint density at radius 1 is 1.06 bits per heavy atom. The number of carbonyl (C=O) groups excluding carboxylic acids is 2. The largest absolute Gasteiger partial charge is 0.444 e. The van der Waals surface area contributed by atoms with Crippen molar-refractivity contribution in [3.63, 3.8) is 0 Å². The van der Waals surface area contributed by atoms with Crippen LogP contribution in [-0.4, -0.2) is 64.2 Å². The lowest BCUT2D eigenvalue weighted by atomic mass is 9.91. The Morgan fingerprint density at radius 3 is 2.20 bits per heavy atom. The highest BCUT2D eigenvalue weighted by Gasteiger charge is 2.46. The normalized spacial score (nSPS) is 17.6. The van der Waals surface area contributed by atoms with Gasteiger partial charge in [0.15, 0.2) is 5.82 Å². The molecule has 3 N–H and O–H groups in total. The molecular weight excluding hydrogens is 695 g/mol. The van der Waals surface area contributed by atoms with Crippen LogP contribution in [0, 0.1) is 28.4 Å². The fourth-order valence-corrected chi connectivity index (χ4v) is 7.47. The molecule has 3 heterocycles. The van der Waals surface area contributed by atoms with E-state index in [4.69, 9.17) is 14.9 Å². The summed E-state index contributed by atoms with van der Waals surface area (Å²) in [6.07, 6.45) is -4.49. The fourth-order valence-electron chi connectivity index (χ4n) is 6.41. The molecule has 2 aliphatic rings. The lowest BCUT2D eigenvalue weighted by Crippen LogP contribution is -2.58. The van der Waals surface area contributed by atoms with Crippen molar-refractivity contribution in [1.82, 2.24) is 9.80 Å². The summed E-state index contributed by atoms with van der Waals surface area (Å²) in [7, 11) is 0. The number of alkyl halides is 3. The minimum Gasteiger partial charge on any atom is -0.444 e. The second-order valence-corrected chi connectivity index (χ2v) is 15.3. The van der Waals surface area contributed by atoms with Crippen LogP contribution in [0.15, 0.2) is 31.0 Å². The first-order chi connectivity index (χ1) is 23.6. The van der Waals surface area contributed by atoms with Crippen molar-refractivity contribution >= 4 is 50.1 Å². The molecule has 2 aliphatic heterocycles. The first-order valence-electron chi connectivity index (χ1n) is 16.0. The molecule has 2 saturated heterocycles. The summed E-state index contributed by atoms with van der Waals surface area (Å²) in [5.41, 5.74) is -5.95. The predicted octanol–water partition coefficient (Wildman–Crippen LogP) is 9.05. The van der Waals surface area contributed by atoms with Gasteiger partial charge in [-0.05, 0) is 78.3 Å². The van der Waals surface area contributed by atoms with Gasteiger partial charge in [0.2, 0.25) is 0 Å².